The molecule has 4 rings (SSSR count). The second kappa shape index (κ2) is 8.92. The van der Waals surface area contributed by atoms with E-state index in [9.17, 15) is 9.18 Å². The van der Waals surface area contributed by atoms with E-state index in [1.807, 2.05) is 37.3 Å². The van der Waals surface area contributed by atoms with Crippen LogP contribution in [0.15, 0.2) is 59.1 Å². The van der Waals surface area contributed by atoms with Gasteiger partial charge in [-0.2, -0.15) is 0 Å². The molecule has 1 atom stereocenters. The van der Waals surface area contributed by atoms with Crippen molar-refractivity contribution in [1.29, 1.82) is 0 Å². The SMILES string of the molecule is Cc1cc(NC(=O)C2CCCN(c3ccc(-c4ccc(F)cc4)nn3)C2)ccc1Br. The van der Waals surface area contributed by atoms with Gasteiger partial charge in [0.05, 0.1) is 11.6 Å². The number of piperidine rings is 1. The molecule has 0 saturated carbocycles. The maximum Gasteiger partial charge on any atom is 0.229 e. The molecule has 1 amide bonds. The van der Waals surface area contributed by atoms with Gasteiger partial charge in [-0.1, -0.05) is 15.9 Å². The van der Waals surface area contributed by atoms with E-state index < -0.39 is 0 Å². The van der Waals surface area contributed by atoms with Crippen LogP contribution >= 0.6 is 15.9 Å². The first-order valence-corrected chi connectivity index (χ1v) is 10.7. The maximum atomic E-state index is 13.1. The summed E-state index contributed by atoms with van der Waals surface area (Å²) in [6.07, 6.45) is 1.76. The zero-order valence-corrected chi connectivity index (χ0v) is 18.2. The lowest BCUT2D eigenvalue weighted by atomic mass is 9.97. The number of aryl methyl sites for hydroxylation is 1. The molecule has 1 N–H and O–H groups in total. The highest BCUT2D eigenvalue weighted by Crippen LogP contribution is 2.25. The van der Waals surface area contributed by atoms with Crippen LogP contribution in [-0.4, -0.2) is 29.2 Å². The molecule has 154 valence electrons. The molecule has 7 heteroatoms. The van der Waals surface area contributed by atoms with Crippen LogP contribution in [0.3, 0.4) is 0 Å². The maximum absolute atomic E-state index is 13.1. The number of anilines is 2. The highest BCUT2D eigenvalue weighted by Gasteiger charge is 2.27. The molecular weight excluding hydrogens is 447 g/mol. The van der Waals surface area contributed by atoms with E-state index in [4.69, 9.17) is 0 Å². The number of carbonyl (C=O) groups is 1. The Labute approximate surface area is 183 Å². The largest absolute Gasteiger partial charge is 0.354 e. The Kier molecular flexibility index (Phi) is 6.08. The Bertz CT molecular complexity index is 1040. The number of carbonyl (C=O) groups excluding carboxylic acids is 1. The molecule has 0 spiro atoms. The predicted molar refractivity (Wildman–Crippen MR) is 120 cm³/mol. The average Bonchev–Trinajstić information content (AvgIpc) is 2.77. The Morgan fingerprint density at radius 3 is 2.63 bits per heavy atom. The lowest BCUT2D eigenvalue weighted by Gasteiger charge is -2.32. The lowest BCUT2D eigenvalue weighted by Crippen LogP contribution is -2.41. The molecule has 3 aromatic rings. The summed E-state index contributed by atoms with van der Waals surface area (Å²) in [6.45, 7) is 3.44. The van der Waals surface area contributed by atoms with Gasteiger partial charge in [0.1, 0.15) is 5.82 Å². The molecule has 30 heavy (non-hydrogen) atoms. The van der Waals surface area contributed by atoms with Crippen LogP contribution in [0, 0.1) is 18.7 Å². The van der Waals surface area contributed by atoms with E-state index in [0.29, 0.717) is 12.2 Å². The molecule has 2 heterocycles. The summed E-state index contributed by atoms with van der Waals surface area (Å²) in [7, 11) is 0. The Hall–Kier alpha value is -2.80. The van der Waals surface area contributed by atoms with Gasteiger partial charge < -0.3 is 10.2 Å². The van der Waals surface area contributed by atoms with Gasteiger partial charge in [-0.25, -0.2) is 4.39 Å². The minimum absolute atomic E-state index is 0.0253. The molecule has 1 aliphatic heterocycles. The summed E-state index contributed by atoms with van der Waals surface area (Å²) in [5.74, 6) is 0.385. The van der Waals surface area contributed by atoms with Gasteiger partial charge in [0.2, 0.25) is 5.91 Å². The van der Waals surface area contributed by atoms with Crippen molar-refractivity contribution in [3.63, 3.8) is 0 Å². The second-order valence-electron chi connectivity index (χ2n) is 7.52. The van der Waals surface area contributed by atoms with Gasteiger partial charge in [-0.15, -0.1) is 10.2 Å². The van der Waals surface area contributed by atoms with Gasteiger partial charge in [-0.3, -0.25) is 4.79 Å². The van der Waals surface area contributed by atoms with Crippen molar-refractivity contribution in [2.45, 2.75) is 19.8 Å². The fraction of sp³-hybridized carbons (Fsp3) is 0.261. The number of halogens is 2. The van der Waals surface area contributed by atoms with Crippen LogP contribution in [0.4, 0.5) is 15.9 Å². The van der Waals surface area contributed by atoms with Crippen molar-refractivity contribution in [2.24, 2.45) is 5.92 Å². The van der Waals surface area contributed by atoms with Crippen molar-refractivity contribution in [2.75, 3.05) is 23.3 Å². The molecule has 2 aromatic carbocycles. The molecule has 1 aromatic heterocycles. The minimum Gasteiger partial charge on any atom is -0.354 e. The molecular formula is C23H22BrFN4O. The molecule has 0 bridgehead atoms. The molecule has 0 radical (unpaired) electrons. The first-order valence-electron chi connectivity index (χ1n) is 9.91. The van der Waals surface area contributed by atoms with Gasteiger partial charge in [-0.05, 0) is 79.9 Å². The quantitative estimate of drug-likeness (QED) is 0.570. The first kappa shape index (κ1) is 20.5. The smallest absolute Gasteiger partial charge is 0.229 e. The summed E-state index contributed by atoms with van der Waals surface area (Å²) < 4.78 is 14.1. The average molecular weight is 469 g/mol. The van der Waals surface area contributed by atoms with Gasteiger partial charge >= 0.3 is 0 Å². The second-order valence-corrected chi connectivity index (χ2v) is 8.38. The third-order valence-corrected chi connectivity index (χ3v) is 6.22. The number of aromatic nitrogens is 2. The number of amides is 1. The number of hydrogen-bond donors (Lipinski definition) is 1. The fourth-order valence-corrected chi connectivity index (χ4v) is 3.88. The van der Waals surface area contributed by atoms with Crippen molar-refractivity contribution < 1.29 is 9.18 Å². The highest BCUT2D eigenvalue weighted by molar-refractivity contribution is 9.10. The first-order chi connectivity index (χ1) is 14.5. The monoisotopic (exact) mass is 468 g/mol. The Morgan fingerprint density at radius 2 is 1.93 bits per heavy atom. The van der Waals surface area contributed by atoms with Gasteiger partial charge in [0, 0.05) is 28.8 Å². The van der Waals surface area contributed by atoms with Crippen LogP contribution in [0.2, 0.25) is 0 Å². The van der Waals surface area contributed by atoms with Crippen LogP contribution in [0.5, 0.6) is 0 Å². The van der Waals surface area contributed by atoms with Crippen molar-refractivity contribution in [3.05, 3.63) is 70.5 Å². The van der Waals surface area contributed by atoms with Gasteiger partial charge in [0.15, 0.2) is 5.82 Å². The predicted octanol–water partition coefficient (Wildman–Crippen LogP) is 5.21. The summed E-state index contributed by atoms with van der Waals surface area (Å²) >= 11 is 3.48. The third kappa shape index (κ3) is 4.67. The minimum atomic E-state index is -0.278. The van der Waals surface area contributed by atoms with Crippen molar-refractivity contribution in [1.82, 2.24) is 10.2 Å². The van der Waals surface area contributed by atoms with Crippen LogP contribution in [-0.2, 0) is 4.79 Å². The van der Waals surface area contributed by atoms with E-state index in [1.54, 1.807) is 12.1 Å². The molecule has 1 unspecified atom stereocenters. The molecule has 1 aliphatic rings. The van der Waals surface area contributed by atoms with E-state index in [-0.39, 0.29) is 17.6 Å². The summed E-state index contributed by atoms with van der Waals surface area (Å²) in [6, 6.07) is 15.8. The summed E-state index contributed by atoms with van der Waals surface area (Å²) in [5, 5.41) is 11.7. The number of rotatable bonds is 4. The molecule has 5 nitrogen and oxygen atoms in total. The van der Waals surface area contributed by atoms with Gasteiger partial charge in [0.25, 0.3) is 0 Å². The van der Waals surface area contributed by atoms with Crippen LogP contribution in [0.25, 0.3) is 11.3 Å². The number of nitrogens with one attached hydrogen (secondary N) is 1. The highest BCUT2D eigenvalue weighted by atomic mass is 79.9. The van der Waals surface area contributed by atoms with E-state index in [1.165, 1.54) is 12.1 Å². The van der Waals surface area contributed by atoms with Crippen LogP contribution < -0.4 is 10.2 Å². The number of benzene rings is 2. The van der Waals surface area contributed by atoms with E-state index in [2.05, 4.69) is 36.3 Å². The van der Waals surface area contributed by atoms with E-state index in [0.717, 1.165) is 46.5 Å². The number of nitrogens with zero attached hydrogens (tertiary/aromatic N) is 3. The summed E-state index contributed by atoms with van der Waals surface area (Å²) in [5.41, 5.74) is 3.39. The van der Waals surface area contributed by atoms with Crippen LogP contribution in [0.1, 0.15) is 18.4 Å². The fourth-order valence-electron chi connectivity index (χ4n) is 3.63. The number of hydrogen-bond acceptors (Lipinski definition) is 4. The summed E-state index contributed by atoms with van der Waals surface area (Å²) in [4.78, 5) is 14.9. The lowest BCUT2D eigenvalue weighted by molar-refractivity contribution is -0.120. The molecule has 1 fully saturated rings. The topological polar surface area (TPSA) is 58.1 Å². The normalized spacial score (nSPS) is 16.4. The molecule has 0 aliphatic carbocycles. The van der Waals surface area contributed by atoms with E-state index >= 15 is 0 Å². The zero-order chi connectivity index (χ0) is 21.1. The van der Waals surface area contributed by atoms with Crippen molar-refractivity contribution in [3.8, 4) is 11.3 Å². The Morgan fingerprint density at radius 1 is 1.13 bits per heavy atom. The Balaban J connectivity index is 1.42. The van der Waals surface area contributed by atoms with Crippen molar-refractivity contribution >= 4 is 33.3 Å². The zero-order valence-electron chi connectivity index (χ0n) is 16.6. The standard InChI is InChI=1S/C23H22BrFN4O/c1-15-13-19(8-9-20(15)24)26-23(30)17-3-2-12-29(14-17)22-11-10-21(27-28-22)16-4-6-18(25)7-5-16/h4-11,13,17H,2-3,12,14H2,1H3,(H,26,30). The molecule has 1 saturated heterocycles. The third-order valence-electron chi connectivity index (χ3n) is 5.33.